The number of rotatable bonds is 6. The molecule has 0 radical (unpaired) electrons. The van der Waals surface area contributed by atoms with Gasteiger partial charge in [0.2, 0.25) is 5.91 Å². The van der Waals surface area contributed by atoms with Crippen LogP contribution in [-0.4, -0.2) is 30.1 Å². The smallest absolute Gasteiger partial charge is 0.225 e. The highest BCUT2D eigenvalue weighted by Gasteiger charge is 2.34. The number of carbonyl (C=O) groups is 1. The lowest BCUT2D eigenvalue weighted by Gasteiger charge is -2.27. The summed E-state index contributed by atoms with van der Waals surface area (Å²) in [7, 11) is 0. The quantitative estimate of drug-likeness (QED) is 0.871. The van der Waals surface area contributed by atoms with Crippen molar-refractivity contribution in [3.05, 3.63) is 42.1 Å². The van der Waals surface area contributed by atoms with Crippen LogP contribution in [0.4, 0.5) is 0 Å². The van der Waals surface area contributed by atoms with E-state index < -0.39 is 0 Å². The maximum Gasteiger partial charge on any atom is 0.225 e. The van der Waals surface area contributed by atoms with Crippen LogP contribution < -0.4 is 5.32 Å². The Morgan fingerprint density at radius 3 is 2.88 bits per heavy atom. The number of carbonyl (C=O) groups excluding carboxylic acids is 1. The summed E-state index contributed by atoms with van der Waals surface area (Å²) in [5, 5.41) is 4.43. The highest BCUT2D eigenvalue weighted by Crippen LogP contribution is 2.27. The predicted octanol–water partition coefficient (Wildman–Crippen LogP) is 3.73. The third-order valence-corrected chi connectivity index (χ3v) is 5.23. The Hall–Kier alpha value is -1.94. The summed E-state index contributed by atoms with van der Waals surface area (Å²) in [6.45, 7) is 7.45. The summed E-state index contributed by atoms with van der Waals surface area (Å²) in [6.07, 6.45) is 4.66. The van der Waals surface area contributed by atoms with Gasteiger partial charge < -0.3 is 10.1 Å². The first-order valence-corrected chi connectivity index (χ1v) is 9.22. The molecule has 1 aliphatic rings. The van der Waals surface area contributed by atoms with E-state index in [1.165, 1.54) is 10.9 Å². The Labute approximate surface area is 150 Å². The maximum absolute atomic E-state index is 12.6. The van der Waals surface area contributed by atoms with E-state index in [1.54, 1.807) is 0 Å². The molecule has 3 rings (SSSR count). The van der Waals surface area contributed by atoms with Gasteiger partial charge in [0.15, 0.2) is 0 Å². The second kappa shape index (κ2) is 7.52. The van der Waals surface area contributed by atoms with Crippen molar-refractivity contribution in [2.24, 2.45) is 11.3 Å². The molecule has 1 amide bonds. The number of para-hydroxylation sites is 1. The van der Waals surface area contributed by atoms with Crippen molar-refractivity contribution in [3.8, 4) is 0 Å². The molecule has 134 valence electrons. The predicted molar refractivity (Wildman–Crippen MR) is 100 cm³/mol. The van der Waals surface area contributed by atoms with E-state index in [9.17, 15) is 4.79 Å². The third-order valence-electron chi connectivity index (χ3n) is 5.23. The fourth-order valence-electron chi connectivity index (χ4n) is 3.68. The summed E-state index contributed by atoms with van der Waals surface area (Å²) < 4.78 is 5.70. The minimum atomic E-state index is -0.328. The van der Waals surface area contributed by atoms with Crippen LogP contribution in [0.1, 0.15) is 39.2 Å². The molecule has 1 aromatic carbocycles. The van der Waals surface area contributed by atoms with Crippen LogP contribution in [-0.2, 0) is 16.0 Å². The molecule has 4 nitrogen and oxygen atoms in total. The number of hydrogen-bond acceptors (Lipinski definition) is 3. The summed E-state index contributed by atoms with van der Waals surface area (Å²) in [5.74, 6) is 0.432. The number of benzene rings is 1. The first-order valence-electron chi connectivity index (χ1n) is 9.22. The Morgan fingerprint density at radius 2 is 2.08 bits per heavy atom. The number of nitrogens with zero attached hydrogens (tertiary/aromatic N) is 1. The molecule has 0 spiro atoms. The minimum absolute atomic E-state index is 0.0792. The van der Waals surface area contributed by atoms with Gasteiger partial charge in [-0.05, 0) is 30.5 Å². The van der Waals surface area contributed by atoms with E-state index in [0.717, 1.165) is 24.8 Å². The van der Waals surface area contributed by atoms with Gasteiger partial charge in [0.1, 0.15) is 0 Å². The van der Waals surface area contributed by atoms with Crippen molar-refractivity contribution in [2.75, 3.05) is 13.2 Å². The van der Waals surface area contributed by atoms with Gasteiger partial charge in [0.05, 0.1) is 24.8 Å². The standard InChI is InChI=1S/C21H28N2O2/c1-4-10-21(2,3)20(24)23-19-14-25-13-16(19)12-15-9-11-22-18-8-6-5-7-17(15)18/h5-9,11,16,19H,4,10,12-14H2,1-3H3,(H,23,24)/t16-,19-/m1/s1. The van der Waals surface area contributed by atoms with Gasteiger partial charge in [-0.2, -0.15) is 0 Å². The molecule has 2 atom stereocenters. The van der Waals surface area contributed by atoms with Crippen LogP contribution in [0.2, 0.25) is 0 Å². The average Bonchev–Trinajstić information content (AvgIpc) is 3.02. The number of nitrogens with one attached hydrogen (secondary N) is 1. The van der Waals surface area contributed by atoms with Crippen molar-refractivity contribution in [1.82, 2.24) is 10.3 Å². The lowest BCUT2D eigenvalue weighted by molar-refractivity contribution is -0.130. The lowest BCUT2D eigenvalue weighted by Crippen LogP contribution is -2.46. The zero-order valence-electron chi connectivity index (χ0n) is 15.4. The molecule has 25 heavy (non-hydrogen) atoms. The largest absolute Gasteiger partial charge is 0.379 e. The number of amides is 1. The van der Waals surface area contributed by atoms with E-state index in [0.29, 0.717) is 19.1 Å². The van der Waals surface area contributed by atoms with E-state index >= 15 is 0 Å². The second-order valence-corrected chi connectivity index (χ2v) is 7.70. The summed E-state index contributed by atoms with van der Waals surface area (Å²) in [6, 6.07) is 10.4. The molecule has 2 aromatic rings. The first kappa shape index (κ1) is 17.9. The molecule has 1 N–H and O–H groups in total. The average molecular weight is 340 g/mol. The highest BCUT2D eigenvalue weighted by atomic mass is 16.5. The monoisotopic (exact) mass is 340 g/mol. The molecule has 0 unspecified atom stereocenters. The topological polar surface area (TPSA) is 51.2 Å². The van der Waals surface area contributed by atoms with Crippen LogP contribution in [0, 0.1) is 11.3 Å². The van der Waals surface area contributed by atoms with Crippen molar-refractivity contribution < 1.29 is 9.53 Å². The molecule has 2 heterocycles. The first-order chi connectivity index (χ1) is 12.0. The molecule has 0 aliphatic carbocycles. The summed E-state index contributed by atoms with van der Waals surface area (Å²) >= 11 is 0. The van der Waals surface area contributed by atoms with Gasteiger partial charge in [-0.1, -0.05) is 45.4 Å². The molecule has 0 saturated carbocycles. The van der Waals surface area contributed by atoms with Crippen molar-refractivity contribution in [2.45, 2.75) is 46.1 Å². The Bertz CT molecular complexity index is 736. The molecule has 1 aromatic heterocycles. The van der Waals surface area contributed by atoms with Crippen molar-refractivity contribution in [1.29, 1.82) is 0 Å². The molecule has 1 aliphatic heterocycles. The summed E-state index contributed by atoms with van der Waals surface area (Å²) in [4.78, 5) is 17.1. The van der Waals surface area contributed by atoms with E-state index in [-0.39, 0.29) is 17.4 Å². The van der Waals surface area contributed by atoms with E-state index in [2.05, 4.69) is 29.4 Å². The van der Waals surface area contributed by atoms with Gasteiger partial charge in [0.25, 0.3) is 0 Å². The Balaban J connectivity index is 1.72. The van der Waals surface area contributed by atoms with Gasteiger partial charge in [0, 0.05) is 22.9 Å². The normalized spacial score (nSPS) is 20.8. The maximum atomic E-state index is 12.6. The lowest BCUT2D eigenvalue weighted by atomic mass is 9.86. The van der Waals surface area contributed by atoms with E-state index in [4.69, 9.17) is 4.74 Å². The second-order valence-electron chi connectivity index (χ2n) is 7.70. The highest BCUT2D eigenvalue weighted by molar-refractivity contribution is 5.83. The van der Waals surface area contributed by atoms with Crippen LogP contribution in [0.25, 0.3) is 10.9 Å². The molecular formula is C21H28N2O2. The summed E-state index contributed by atoms with van der Waals surface area (Å²) in [5.41, 5.74) is 1.96. The number of aromatic nitrogens is 1. The van der Waals surface area contributed by atoms with Crippen molar-refractivity contribution in [3.63, 3.8) is 0 Å². The van der Waals surface area contributed by atoms with Gasteiger partial charge in [-0.25, -0.2) is 0 Å². The molecular weight excluding hydrogens is 312 g/mol. The van der Waals surface area contributed by atoms with E-state index in [1.807, 2.05) is 38.2 Å². The van der Waals surface area contributed by atoms with Gasteiger partial charge in [-0.15, -0.1) is 0 Å². The van der Waals surface area contributed by atoms with Crippen LogP contribution in [0.15, 0.2) is 36.5 Å². The van der Waals surface area contributed by atoms with Gasteiger partial charge in [-0.3, -0.25) is 9.78 Å². The van der Waals surface area contributed by atoms with Crippen molar-refractivity contribution >= 4 is 16.8 Å². The van der Waals surface area contributed by atoms with Gasteiger partial charge >= 0.3 is 0 Å². The number of fused-ring (bicyclic) bond motifs is 1. The zero-order chi connectivity index (χ0) is 17.9. The zero-order valence-corrected chi connectivity index (χ0v) is 15.4. The molecule has 0 bridgehead atoms. The third kappa shape index (κ3) is 4.01. The molecule has 1 fully saturated rings. The SMILES string of the molecule is CCCC(C)(C)C(=O)N[C@@H]1COC[C@H]1Cc1ccnc2ccccc12. The Kier molecular flexibility index (Phi) is 5.38. The molecule has 4 heteroatoms. The molecule has 1 saturated heterocycles. The minimum Gasteiger partial charge on any atom is -0.379 e. The number of pyridine rings is 1. The fourth-order valence-corrected chi connectivity index (χ4v) is 3.68. The van der Waals surface area contributed by atoms with Crippen LogP contribution in [0.5, 0.6) is 0 Å². The Morgan fingerprint density at radius 1 is 1.28 bits per heavy atom. The van der Waals surface area contributed by atoms with Crippen LogP contribution >= 0.6 is 0 Å². The fraction of sp³-hybridized carbons (Fsp3) is 0.524. The number of ether oxygens (including phenoxy) is 1. The van der Waals surface area contributed by atoms with Crippen LogP contribution in [0.3, 0.4) is 0 Å². The number of hydrogen-bond donors (Lipinski definition) is 1.